The standard InChI is InChI=1S/C16H9Cl3N4O4S/c17-9-5-11(18)14(12(19)6-9)20-13(24)7-28-16-22-21-15(27-16)8-1-3-10(4-2-8)23(25)26/h1-6H,7H2,(H,20,24). The fraction of sp³-hybridized carbons (Fsp3) is 0.0625. The topological polar surface area (TPSA) is 111 Å². The van der Waals surface area contributed by atoms with Crippen LogP contribution in [0.5, 0.6) is 0 Å². The molecule has 0 saturated carbocycles. The number of rotatable bonds is 6. The lowest BCUT2D eigenvalue weighted by Gasteiger charge is -2.09. The van der Waals surface area contributed by atoms with Gasteiger partial charge in [0.2, 0.25) is 11.8 Å². The van der Waals surface area contributed by atoms with Crippen molar-refractivity contribution in [2.75, 3.05) is 11.1 Å². The second-order valence-corrected chi connectivity index (χ2v) is 7.44. The van der Waals surface area contributed by atoms with E-state index >= 15 is 0 Å². The molecule has 0 atom stereocenters. The number of amides is 1. The van der Waals surface area contributed by atoms with Gasteiger partial charge >= 0.3 is 0 Å². The summed E-state index contributed by atoms with van der Waals surface area (Å²) in [4.78, 5) is 22.3. The molecule has 0 spiro atoms. The van der Waals surface area contributed by atoms with Gasteiger partial charge < -0.3 is 9.73 Å². The summed E-state index contributed by atoms with van der Waals surface area (Å²) in [5.41, 5.74) is 0.735. The van der Waals surface area contributed by atoms with E-state index in [2.05, 4.69) is 15.5 Å². The number of non-ortho nitro benzene ring substituents is 1. The molecular formula is C16H9Cl3N4O4S. The van der Waals surface area contributed by atoms with Crippen LogP contribution in [0.4, 0.5) is 11.4 Å². The summed E-state index contributed by atoms with van der Waals surface area (Å²) in [5, 5.41) is 21.9. The van der Waals surface area contributed by atoms with E-state index in [1.54, 1.807) is 0 Å². The quantitative estimate of drug-likeness (QED) is 0.301. The molecular weight excluding hydrogens is 451 g/mol. The molecule has 0 fully saturated rings. The summed E-state index contributed by atoms with van der Waals surface area (Å²) in [7, 11) is 0. The summed E-state index contributed by atoms with van der Waals surface area (Å²) < 4.78 is 5.46. The Morgan fingerprint density at radius 1 is 1.14 bits per heavy atom. The molecule has 144 valence electrons. The van der Waals surface area contributed by atoms with Gasteiger partial charge in [0, 0.05) is 22.7 Å². The van der Waals surface area contributed by atoms with E-state index < -0.39 is 4.92 Å². The van der Waals surface area contributed by atoms with E-state index in [0.29, 0.717) is 10.6 Å². The van der Waals surface area contributed by atoms with Gasteiger partial charge in [-0.15, -0.1) is 10.2 Å². The SMILES string of the molecule is O=C(CSc1nnc(-c2ccc([N+](=O)[O-])cc2)o1)Nc1c(Cl)cc(Cl)cc1Cl. The van der Waals surface area contributed by atoms with Crippen LogP contribution < -0.4 is 5.32 Å². The predicted molar refractivity (Wildman–Crippen MR) is 107 cm³/mol. The molecule has 0 bridgehead atoms. The number of benzene rings is 2. The third-order valence-corrected chi connectivity index (χ3v) is 4.96. The molecule has 1 aromatic heterocycles. The van der Waals surface area contributed by atoms with Crippen molar-refractivity contribution in [1.82, 2.24) is 10.2 Å². The van der Waals surface area contributed by atoms with E-state index in [4.69, 9.17) is 39.2 Å². The number of nitro benzene ring substituents is 1. The Balaban J connectivity index is 1.61. The molecule has 1 amide bonds. The highest BCUT2D eigenvalue weighted by Crippen LogP contribution is 2.34. The number of aromatic nitrogens is 2. The van der Waals surface area contributed by atoms with Crippen molar-refractivity contribution in [2.24, 2.45) is 0 Å². The average Bonchev–Trinajstić information content (AvgIpc) is 3.12. The minimum absolute atomic E-state index is 0.0306. The number of hydrogen-bond donors (Lipinski definition) is 1. The summed E-state index contributed by atoms with van der Waals surface area (Å²) >= 11 is 18.9. The molecule has 1 N–H and O–H groups in total. The maximum atomic E-state index is 12.1. The molecule has 2 aromatic carbocycles. The van der Waals surface area contributed by atoms with Gasteiger partial charge in [0.1, 0.15) is 0 Å². The van der Waals surface area contributed by atoms with Gasteiger partial charge in [0.25, 0.3) is 10.9 Å². The van der Waals surface area contributed by atoms with Crippen LogP contribution in [0.3, 0.4) is 0 Å². The van der Waals surface area contributed by atoms with Gasteiger partial charge in [-0.05, 0) is 24.3 Å². The van der Waals surface area contributed by atoms with E-state index in [1.807, 2.05) is 0 Å². The van der Waals surface area contributed by atoms with Crippen LogP contribution in [0.1, 0.15) is 0 Å². The number of hydrogen-bond acceptors (Lipinski definition) is 7. The largest absolute Gasteiger partial charge is 0.411 e. The van der Waals surface area contributed by atoms with Gasteiger partial charge in [0.15, 0.2) is 0 Å². The molecule has 3 aromatic rings. The molecule has 0 saturated heterocycles. The fourth-order valence-corrected chi connectivity index (χ4v) is 3.55. The van der Waals surface area contributed by atoms with E-state index in [-0.39, 0.29) is 44.2 Å². The number of carbonyl (C=O) groups excluding carboxylic acids is 1. The Labute approximate surface area is 177 Å². The first-order valence-electron chi connectivity index (χ1n) is 7.49. The monoisotopic (exact) mass is 458 g/mol. The first-order chi connectivity index (χ1) is 13.3. The van der Waals surface area contributed by atoms with Crippen LogP contribution >= 0.6 is 46.6 Å². The molecule has 1 heterocycles. The maximum absolute atomic E-state index is 12.1. The highest BCUT2D eigenvalue weighted by atomic mass is 35.5. The normalized spacial score (nSPS) is 10.7. The first-order valence-corrected chi connectivity index (χ1v) is 9.61. The van der Waals surface area contributed by atoms with Gasteiger partial charge in [-0.3, -0.25) is 14.9 Å². The van der Waals surface area contributed by atoms with Crippen molar-refractivity contribution in [3.8, 4) is 11.5 Å². The summed E-state index contributed by atoms with van der Waals surface area (Å²) in [6.45, 7) is 0. The molecule has 28 heavy (non-hydrogen) atoms. The fourth-order valence-electron chi connectivity index (χ4n) is 2.07. The number of nitrogens with zero attached hydrogens (tertiary/aromatic N) is 3. The minimum atomic E-state index is -0.503. The van der Waals surface area contributed by atoms with Gasteiger partial charge in [-0.1, -0.05) is 46.6 Å². The predicted octanol–water partition coefficient (Wildman–Crippen LogP) is 5.34. The molecule has 0 radical (unpaired) electrons. The molecule has 0 aliphatic rings. The highest BCUT2D eigenvalue weighted by Gasteiger charge is 2.15. The lowest BCUT2D eigenvalue weighted by Crippen LogP contribution is -2.14. The second kappa shape index (κ2) is 8.78. The summed E-state index contributed by atoms with van der Waals surface area (Å²) in [6.07, 6.45) is 0. The number of halogens is 3. The zero-order valence-electron chi connectivity index (χ0n) is 13.7. The van der Waals surface area contributed by atoms with E-state index in [1.165, 1.54) is 36.4 Å². The van der Waals surface area contributed by atoms with Crippen molar-refractivity contribution < 1.29 is 14.1 Å². The van der Waals surface area contributed by atoms with Crippen molar-refractivity contribution >= 4 is 63.8 Å². The number of nitrogens with one attached hydrogen (secondary N) is 1. The van der Waals surface area contributed by atoms with Crippen LogP contribution in [-0.4, -0.2) is 26.8 Å². The first kappa shape index (κ1) is 20.4. The van der Waals surface area contributed by atoms with Crippen LogP contribution in [0.25, 0.3) is 11.5 Å². The lowest BCUT2D eigenvalue weighted by atomic mass is 10.2. The molecule has 0 unspecified atom stereocenters. The smallest absolute Gasteiger partial charge is 0.277 e. The van der Waals surface area contributed by atoms with Gasteiger partial charge in [-0.2, -0.15) is 0 Å². The van der Waals surface area contributed by atoms with E-state index in [9.17, 15) is 14.9 Å². The molecule has 0 aliphatic heterocycles. The number of anilines is 1. The number of thioether (sulfide) groups is 1. The second-order valence-electron chi connectivity index (χ2n) is 5.26. The summed E-state index contributed by atoms with van der Waals surface area (Å²) in [5.74, 6) is -0.232. The van der Waals surface area contributed by atoms with Crippen molar-refractivity contribution in [3.63, 3.8) is 0 Å². The Kier molecular flexibility index (Phi) is 6.40. The van der Waals surface area contributed by atoms with Gasteiger partial charge in [-0.25, -0.2) is 0 Å². The Hall–Kier alpha value is -2.33. The molecule has 8 nitrogen and oxygen atoms in total. The minimum Gasteiger partial charge on any atom is -0.411 e. The van der Waals surface area contributed by atoms with Crippen molar-refractivity contribution in [3.05, 3.63) is 61.6 Å². The van der Waals surface area contributed by atoms with Gasteiger partial charge in [0.05, 0.1) is 26.4 Å². The van der Waals surface area contributed by atoms with Crippen LogP contribution in [0.2, 0.25) is 15.1 Å². The number of carbonyl (C=O) groups is 1. The third-order valence-electron chi connectivity index (χ3n) is 3.33. The lowest BCUT2D eigenvalue weighted by molar-refractivity contribution is -0.384. The van der Waals surface area contributed by atoms with Crippen molar-refractivity contribution in [2.45, 2.75) is 5.22 Å². The highest BCUT2D eigenvalue weighted by molar-refractivity contribution is 7.99. The maximum Gasteiger partial charge on any atom is 0.277 e. The zero-order valence-corrected chi connectivity index (χ0v) is 16.8. The number of nitro groups is 1. The van der Waals surface area contributed by atoms with Crippen LogP contribution in [-0.2, 0) is 4.79 Å². The Morgan fingerprint density at radius 3 is 2.39 bits per heavy atom. The molecule has 0 aliphatic carbocycles. The molecule has 12 heteroatoms. The van der Waals surface area contributed by atoms with Crippen LogP contribution in [0.15, 0.2) is 46.0 Å². The zero-order chi connectivity index (χ0) is 20.3. The van der Waals surface area contributed by atoms with Crippen LogP contribution in [0, 0.1) is 10.1 Å². The average molecular weight is 460 g/mol. The summed E-state index contributed by atoms with van der Waals surface area (Å²) in [6, 6.07) is 8.59. The van der Waals surface area contributed by atoms with E-state index in [0.717, 1.165) is 11.8 Å². The molecule has 3 rings (SSSR count). The third kappa shape index (κ3) is 4.93. The Bertz CT molecular complexity index is 1020. The Morgan fingerprint density at radius 2 is 1.79 bits per heavy atom. The van der Waals surface area contributed by atoms with Crippen molar-refractivity contribution in [1.29, 1.82) is 0 Å².